The maximum Gasteiger partial charge on any atom is 0.274 e. The molecule has 2 aromatic rings. The monoisotopic (exact) mass is 362 g/mol. The first-order chi connectivity index (χ1) is 11.7. The Balaban J connectivity index is 1.60. The zero-order chi connectivity index (χ0) is 16.5. The highest BCUT2D eigenvalue weighted by atomic mass is 35.5. The zero-order valence-corrected chi connectivity index (χ0v) is 14.9. The molecule has 1 fully saturated rings. The molecule has 0 radical (unpaired) electrons. The van der Waals surface area contributed by atoms with Gasteiger partial charge in [-0.3, -0.25) is 4.79 Å². The maximum absolute atomic E-state index is 13.0. The lowest BCUT2D eigenvalue weighted by molar-refractivity contribution is 0.0740. The molecule has 1 saturated heterocycles. The van der Waals surface area contributed by atoms with E-state index in [1.54, 1.807) is 17.5 Å². The minimum Gasteiger partial charge on any atom is -0.341 e. The molecule has 0 unspecified atom stereocenters. The van der Waals surface area contributed by atoms with E-state index in [2.05, 4.69) is 26.3 Å². The lowest BCUT2D eigenvalue weighted by atomic mass is 10.2. The number of rotatable bonds is 2. The van der Waals surface area contributed by atoms with Gasteiger partial charge in [-0.2, -0.15) is 0 Å². The van der Waals surface area contributed by atoms with Crippen molar-refractivity contribution in [3.05, 3.63) is 38.8 Å². The fourth-order valence-electron chi connectivity index (χ4n) is 3.34. The molecule has 0 N–H and O–H groups in total. The molecule has 7 heteroatoms. The predicted molar refractivity (Wildman–Crippen MR) is 95.9 cm³/mol. The van der Waals surface area contributed by atoms with E-state index in [1.165, 1.54) is 10.4 Å². The van der Waals surface area contributed by atoms with E-state index in [1.807, 2.05) is 4.90 Å². The first-order valence-corrected chi connectivity index (χ1v) is 9.60. The predicted octanol–water partition coefficient (Wildman–Crippen LogP) is 3.38. The van der Waals surface area contributed by atoms with E-state index in [0.29, 0.717) is 23.2 Å². The van der Waals surface area contributed by atoms with Gasteiger partial charge in [-0.15, -0.1) is 11.3 Å². The Morgan fingerprint density at radius 1 is 1.21 bits per heavy atom. The van der Waals surface area contributed by atoms with Gasteiger partial charge >= 0.3 is 0 Å². The molecule has 0 atom stereocenters. The number of anilines is 1. The van der Waals surface area contributed by atoms with Gasteiger partial charge in [0.25, 0.3) is 5.91 Å². The fraction of sp³-hybridized carbons (Fsp3) is 0.471. The van der Waals surface area contributed by atoms with Gasteiger partial charge in [0.2, 0.25) is 5.95 Å². The van der Waals surface area contributed by atoms with Crippen LogP contribution in [0.1, 0.15) is 40.2 Å². The third-order valence-electron chi connectivity index (χ3n) is 4.64. The van der Waals surface area contributed by atoms with Crippen molar-refractivity contribution in [2.45, 2.75) is 32.2 Å². The highest BCUT2D eigenvalue weighted by Gasteiger charge is 2.25. The number of aryl methyl sites for hydroxylation is 1. The van der Waals surface area contributed by atoms with Gasteiger partial charge in [0.1, 0.15) is 0 Å². The molecule has 1 amide bonds. The average molecular weight is 363 g/mol. The number of thiophene rings is 1. The second kappa shape index (κ2) is 6.69. The van der Waals surface area contributed by atoms with E-state index < -0.39 is 0 Å². The third kappa shape index (κ3) is 3.00. The number of nitrogens with zero attached hydrogens (tertiary/aromatic N) is 4. The second-order valence-corrected chi connectivity index (χ2v) is 7.67. The van der Waals surface area contributed by atoms with Crippen LogP contribution in [0.25, 0.3) is 0 Å². The van der Waals surface area contributed by atoms with Gasteiger partial charge < -0.3 is 9.80 Å². The van der Waals surface area contributed by atoms with Crippen molar-refractivity contribution < 1.29 is 4.79 Å². The first-order valence-electron chi connectivity index (χ1n) is 8.34. The number of fused-ring (bicyclic) bond motifs is 1. The molecule has 4 rings (SSSR count). The Morgan fingerprint density at radius 3 is 2.88 bits per heavy atom. The molecule has 126 valence electrons. The van der Waals surface area contributed by atoms with Crippen LogP contribution in [0.15, 0.2) is 17.6 Å². The lowest BCUT2D eigenvalue weighted by Gasteiger charge is -2.22. The van der Waals surface area contributed by atoms with Crippen molar-refractivity contribution in [3.63, 3.8) is 0 Å². The van der Waals surface area contributed by atoms with Crippen molar-refractivity contribution in [2.24, 2.45) is 0 Å². The van der Waals surface area contributed by atoms with Crippen LogP contribution in [0.4, 0.5) is 5.95 Å². The molecule has 0 saturated carbocycles. The largest absolute Gasteiger partial charge is 0.341 e. The molecule has 2 aliphatic rings. The zero-order valence-electron chi connectivity index (χ0n) is 13.4. The first kappa shape index (κ1) is 15.8. The molecule has 2 aromatic heterocycles. The number of halogens is 1. The molecule has 0 aromatic carbocycles. The summed E-state index contributed by atoms with van der Waals surface area (Å²) in [6, 6.07) is 2.11. The molecular weight excluding hydrogens is 344 g/mol. The highest BCUT2D eigenvalue weighted by Crippen LogP contribution is 2.26. The van der Waals surface area contributed by atoms with Gasteiger partial charge in [-0.05, 0) is 42.7 Å². The summed E-state index contributed by atoms with van der Waals surface area (Å²) >= 11 is 8.02. The summed E-state index contributed by atoms with van der Waals surface area (Å²) in [7, 11) is 0. The number of hydrogen-bond donors (Lipinski definition) is 0. The van der Waals surface area contributed by atoms with Crippen LogP contribution in [0, 0.1) is 0 Å². The van der Waals surface area contributed by atoms with E-state index in [-0.39, 0.29) is 5.91 Å². The molecule has 5 nitrogen and oxygen atoms in total. The quantitative estimate of drug-likeness (QED) is 0.821. The third-order valence-corrected chi connectivity index (χ3v) is 5.94. The van der Waals surface area contributed by atoms with Gasteiger partial charge in [-0.25, -0.2) is 9.97 Å². The summed E-state index contributed by atoms with van der Waals surface area (Å²) in [5.41, 5.74) is 1.57. The molecular formula is C17H19ClN4OS. The summed E-state index contributed by atoms with van der Waals surface area (Å²) in [5.74, 6) is 0.521. The van der Waals surface area contributed by atoms with Crippen LogP contribution >= 0.6 is 22.9 Å². The van der Waals surface area contributed by atoms with Crippen LogP contribution in [-0.4, -0.2) is 40.4 Å². The van der Waals surface area contributed by atoms with E-state index in [4.69, 9.17) is 11.6 Å². The number of aromatic nitrogens is 2. The van der Waals surface area contributed by atoms with Crippen LogP contribution < -0.4 is 4.90 Å². The summed E-state index contributed by atoms with van der Waals surface area (Å²) < 4.78 is 0. The Labute approximate surface area is 150 Å². The minimum atomic E-state index is -0.0955. The summed E-state index contributed by atoms with van der Waals surface area (Å²) in [6.45, 7) is 3.26. The highest BCUT2D eigenvalue weighted by molar-refractivity contribution is 7.10. The smallest absolute Gasteiger partial charge is 0.274 e. The topological polar surface area (TPSA) is 49.3 Å². The van der Waals surface area contributed by atoms with Crippen LogP contribution in [0.2, 0.25) is 5.02 Å². The Morgan fingerprint density at radius 2 is 2.04 bits per heavy atom. The van der Waals surface area contributed by atoms with Crippen molar-refractivity contribution in [3.8, 4) is 0 Å². The summed E-state index contributed by atoms with van der Waals surface area (Å²) in [6.07, 6.45) is 5.85. The number of amides is 1. The molecule has 0 spiro atoms. The lowest BCUT2D eigenvalue weighted by Crippen LogP contribution is -2.32. The number of hydrogen-bond acceptors (Lipinski definition) is 5. The van der Waals surface area contributed by atoms with Gasteiger partial charge in [-0.1, -0.05) is 11.6 Å². The average Bonchev–Trinajstić information content (AvgIpc) is 3.23. The molecule has 2 aliphatic heterocycles. The van der Waals surface area contributed by atoms with Gasteiger partial charge in [0.15, 0.2) is 5.69 Å². The van der Waals surface area contributed by atoms with Crippen molar-refractivity contribution in [2.75, 3.05) is 24.5 Å². The summed E-state index contributed by atoms with van der Waals surface area (Å²) in [5, 5.41) is 2.43. The van der Waals surface area contributed by atoms with Crippen LogP contribution in [-0.2, 0) is 13.0 Å². The second-order valence-electron chi connectivity index (χ2n) is 6.26. The van der Waals surface area contributed by atoms with Crippen molar-refractivity contribution in [1.29, 1.82) is 0 Å². The molecule has 4 heterocycles. The normalized spacial score (nSPS) is 17.7. The SMILES string of the molecule is O=C(c1nc(N2CCCC2)ncc1Cl)N1CCCc2sccc2C1. The Kier molecular flexibility index (Phi) is 4.41. The minimum absolute atomic E-state index is 0.0955. The van der Waals surface area contributed by atoms with Gasteiger partial charge in [0, 0.05) is 31.1 Å². The molecule has 0 aliphatic carbocycles. The van der Waals surface area contributed by atoms with Crippen molar-refractivity contribution in [1.82, 2.24) is 14.9 Å². The molecule has 0 bridgehead atoms. The summed E-state index contributed by atoms with van der Waals surface area (Å²) in [4.78, 5) is 27.2. The fourth-order valence-corrected chi connectivity index (χ4v) is 4.46. The number of carbonyl (C=O) groups excluding carboxylic acids is 1. The van der Waals surface area contributed by atoms with Crippen LogP contribution in [0.3, 0.4) is 0 Å². The maximum atomic E-state index is 13.0. The van der Waals surface area contributed by atoms with Crippen molar-refractivity contribution >= 4 is 34.8 Å². The number of carbonyl (C=O) groups is 1. The Bertz CT molecular complexity index is 757. The molecule has 24 heavy (non-hydrogen) atoms. The van der Waals surface area contributed by atoms with E-state index in [9.17, 15) is 4.79 Å². The Hall–Kier alpha value is -1.66. The standard InChI is InChI=1S/C17H19ClN4OS/c18-13-10-19-17(21-6-1-2-7-21)20-15(13)16(23)22-8-3-4-14-12(11-22)5-9-24-14/h5,9-10H,1-4,6-8,11H2. The van der Waals surface area contributed by atoms with E-state index >= 15 is 0 Å². The van der Waals surface area contributed by atoms with Crippen LogP contribution in [0.5, 0.6) is 0 Å². The van der Waals surface area contributed by atoms with E-state index in [0.717, 1.165) is 45.3 Å². The van der Waals surface area contributed by atoms with Gasteiger partial charge in [0.05, 0.1) is 11.2 Å².